The largest absolute Gasteiger partial charge is 0.0713 e. The van der Waals surface area contributed by atoms with E-state index in [2.05, 4.69) is 33.9 Å². The van der Waals surface area contributed by atoms with Crippen LogP contribution in [-0.4, -0.2) is 8.80 Å². The lowest BCUT2D eigenvalue weighted by atomic mass is 9.90. The minimum atomic E-state index is 0.0480. The molecule has 0 nitrogen and oxygen atoms in total. The van der Waals surface area contributed by atoms with Crippen molar-refractivity contribution >= 4 is 8.80 Å². The van der Waals surface area contributed by atoms with Crippen LogP contribution in [0.15, 0.2) is 0 Å². The molecule has 0 aliphatic carbocycles. The van der Waals surface area contributed by atoms with Crippen LogP contribution in [0.2, 0.25) is 19.1 Å². The maximum Gasteiger partial charge on any atom is 0.0412 e. The van der Waals surface area contributed by atoms with Gasteiger partial charge in [-0.25, -0.2) is 0 Å². The zero-order chi connectivity index (χ0) is 8.91. The molecule has 0 saturated heterocycles. The van der Waals surface area contributed by atoms with Crippen molar-refractivity contribution < 1.29 is 0 Å². The third-order valence-electron chi connectivity index (χ3n) is 1.85. The van der Waals surface area contributed by atoms with E-state index in [-0.39, 0.29) is 8.80 Å². The summed E-state index contributed by atoms with van der Waals surface area (Å²) in [4.78, 5) is 0. The SMILES string of the molecule is C[Si](C)CCCCC(C)(C)C. The van der Waals surface area contributed by atoms with Gasteiger partial charge < -0.3 is 0 Å². The molecule has 11 heavy (non-hydrogen) atoms. The Balaban J connectivity index is 3.15. The maximum atomic E-state index is 2.40. The second kappa shape index (κ2) is 4.97. The molecule has 0 saturated carbocycles. The summed E-state index contributed by atoms with van der Waals surface area (Å²) in [7, 11) is 0.0480. The topological polar surface area (TPSA) is 0 Å². The summed E-state index contributed by atoms with van der Waals surface area (Å²) in [5.41, 5.74) is 0.550. The van der Waals surface area contributed by atoms with E-state index in [1.54, 1.807) is 0 Å². The average molecular weight is 171 g/mol. The standard InChI is InChI=1S/C10H23Si/c1-10(2,3)8-6-7-9-11(4)5/h6-9H2,1-5H3. The van der Waals surface area contributed by atoms with E-state index in [9.17, 15) is 0 Å². The van der Waals surface area contributed by atoms with E-state index in [0.29, 0.717) is 5.41 Å². The highest BCUT2D eigenvalue weighted by molar-refractivity contribution is 6.55. The summed E-state index contributed by atoms with van der Waals surface area (Å²) in [5.74, 6) is 0. The van der Waals surface area contributed by atoms with Gasteiger partial charge >= 0.3 is 0 Å². The van der Waals surface area contributed by atoms with E-state index in [1.165, 1.54) is 25.3 Å². The quantitative estimate of drug-likeness (QED) is 0.444. The van der Waals surface area contributed by atoms with Gasteiger partial charge in [-0.3, -0.25) is 0 Å². The highest BCUT2D eigenvalue weighted by Crippen LogP contribution is 2.22. The lowest BCUT2D eigenvalue weighted by Gasteiger charge is -2.17. The van der Waals surface area contributed by atoms with Gasteiger partial charge in [-0.15, -0.1) is 0 Å². The van der Waals surface area contributed by atoms with Gasteiger partial charge in [-0.05, 0) is 11.8 Å². The predicted octanol–water partition coefficient (Wildman–Crippen LogP) is 3.96. The first-order valence-electron chi connectivity index (χ1n) is 4.71. The van der Waals surface area contributed by atoms with Crippen LogP contribution in [0.3, 0.4) is 0 Å². The molecule has 0 heterocycles. The fourth-order valence-corrected chi connectivity index (χ4v) is 2.09. The Morgan fingerprint density at radius 1 is 1.00 bits per heavy atom. The molecule has 0 aromatic carbocycles. The molecule has 0 atom stereocenters. The molecule has 0 amide bonds. The molecular formula is C10H23Si. The van der Waals surface area contributed by atoms with Crippen LogP contribution in [0.25, 0.3) is 0 Å². The summed E-state index contributed by atoms with van der Waals surface area (Å²) < 4.78 is 0. The fourth-order valence-electron chi connectivity index (χ4n) is 1.13. The van der Waals surface area contributed by atoms with E-state index >= 15 is 0 Å². The Morgan fingerprint density at radius 2 is 1.55 bits per heavy atom. The Morgan fingerprint density at radius 3 is 1.91 bits per heavy atom. The molecule has 0 aliphatic rings. The van der Waals surface area contributed by atoms with Gasteiger partial charge in [0.15, 0.2) is 0 Å². The molecule has 0 fully saturated rings. The monoisotopic (exact) mass is 171 g/mol. The first-order valence-corrected chi connectivity index (χ1v) is 7.41. The number of unbranched alkanes of at least 4 members (excludes halogenated alkanes) is 1. The Kier molecular flexibility index (Phi) is 5.07. The zero-order valence-electron chi connectivity index (χ0n) is 8.83. The molecule has 0 aromatic rings. The molecule has 0 aromatic heterocycles. The second-order valence-electron chi connectivity index (χ2n) is 4.97. The fraction of sp³-hybridized carbons (Fsp3) is 1.00. The average Bonchev–Trinajstić information content (AvgIpc) is 1.78. The first-order chi connectivity index (χ1) is 4.92. The molecule has 0 spiro atoms. The second-order valence-corrected chi connectivity index (χ2v) is 7.89. The molecule has 0 aliphatic heterocycles. The van der Waals surface area contributed by atoms with Crippen molar-refractivity contribution in [1.82, 2.24) is 0 Å². The molecule has 1 heteroatoms. The Hall–Kier alpha value is 0.217. The van der Waals surface area contributed by atoms with Crippen LogP contribution in [0.4, 0.5) is 0 Å². The Bertz CT molecular complexity index is 89.5. The molecule has 67 valence electrons. The smallest absolute Gasteiger partial charge is 0.0412 e. The minimum Gasteiger partial charge on any atom is -0.0713 e. The summed E-state index contributed by atoms with van der Waals surface area (Å²) in [6, 6.07) is 1.50. The van der Waals surface area contributed by atoms with E-state index in [0.717, 1.165) is 0 Å². The van der Waals surface area contributed by atoms with Crippen LogP contribution in [0.1, 0.15) is 40.0 Å². The van der Waals surface area contributed by atoms with Crippen LogP contribution < -0.4 is 0 Å². The van der Waals surface area contributed by atoms with Crippen LogP contribution in [0, 0.1) is 5.41 Å². The van der Waals surface area contributed by atoms with E-state index < -0.39 is 0 Å². The lowest BCUT2D eigenvalue weighted by molar-refractivity contribution is 0.363. The molecular weight excluding hydrogens is 148 g/mol. The molecule has 0 bridgehead atoms. The number of hydrogen-bond acceptors (Lipinski definition) is 0. The summed E-state index contributed by atoms with van der Waals surface area (Å²) >= 11 is 0. The van der Waals surface area contributed by atoms with Crippen molar-refractivity contribution in [2.45, 2.75) is 59.2 Å². The van der Waals surface area contributed by atoms with Gasteiger partial charge in [0.1, 0.15) is 0 Å². The highest BCUT2D eigenvalue weighted by atomic mass is 28.3. The maximum absolute atomic E-state index is 2.40. The van der Waals surface area contributed by atoms with Crippen LogP contribution >= 0.6 is 0 Å². The van der Waals surface area contributed by atoms with E-state index in [4.69, 9.17) is 0 Å². The summed E-state index contributed by atoms with van der Waals surface area (Å²) in [5, 5.41) is 0. The molecule has 0 unspecified atom stereocenters. The molecule has 1 radical (unpaired) electrons. The third kappa shape index (κ3) is 10.2. The van der Waals surface area contributed by atoms with Gasteiger partial charge in [0.25, 0.3) is 0 Å². The molecule has 0 N–H and O–H groups in total. The lowest BCUT2D eigenvalue weighted by Crippen LogP contribution is -2.05. The number of rotatable bonds is 4. The summed E-state index contributed by atoms with van der Waals surface area (Å²) in [6.45, 7) is 11.8. The van der Waals surface area contributed by atoms with Crippen molar-refractivity contribution in [3.63, 3.8) is 0 Å². The summed E-state index contributed by atoms with van der Waals surface area (Å²) in [6.07, 6.45) is 4.28. The van der Waals surface area contributed by atoms with Gasteiger partial charge in [0.05, 0.1) is 0 Å². The van der Waals surface area contributed by atoms with Crippen molar-refractivity contribution in [1.29, 1.82) is 0 Å². The van der Waals surface area contributed by atoms with Crippen molar-refractivity contribution in [3.8, 4) is 0 Å². The number of hydrogen-bond donors (Lipinski definition) is 0. The van der Waals surface area contributed by atoms with Crippen molar-refractivity contribution in [3.05, 3.63) is 0 Å². The van der Waals surface area contributed by atoms with Crippen LogP contribution in [-0.2, 0) is 0 Å². The van der Waals surface area contributed by atoms with Crippen LogP contribution in [0.5, 0.6) is 0 Å². The third-order valence-corrected chi connectivity index (χ3v) is 3.21. The van der Waals surface area contributed by atoms with Crippen molar-refractivity contribution in [2.75, 3.05) is 0 Å². The van der Waals surface area contributed by atoms with Gasteiger partial charge in [-0.2, -0.15) is 0 Å². The normalized spacial score (nSPS) is 12.5. The molecule has 0 rings (SSSR count). The predicted molar refractivity (Wildman–Crippen MR) is 55.6 cm³/mol. The van der Waals surface area contributed by atoms with Crippen molar-refractivity contribution in [2.24, 2.45) is 5.41 Å². The highest BCUT2D eigenvalue weighted by Gasteiger charge is 2.08. The zero-order valence-corrected chi connectivity index (χ0v) is 9.83. The van der Waals surface area contributed by atoms with Gasteiger partial charge in [0, 0.05) is 8.80 Å². The first kappa shape index (κ1) is 11.2. The van der Waals surface area contributed by atoms with E-state index in [1.807, 2.05) is 0 Å². The Labute approximate surface area is 74.0 Å². The van der Waals surface area contributed by atoms with Gasteiger partial charge in [0.2, 0.25) is 0 Å². The minimum absolute atomic E-state index is 0.0480. The van der Waals surface area contributed by atoms with Gasteiger partial charge in [-0.1, -0.05) is 52.8 Å².